The molecule has 4 rings (SSSR count). The Bertz CT molecular complexity index is 1170. The molecule has 150 valence electrons. The molecular weight excluding hydrogens is 440 g/mol. The van der Waals surface area contributed by atoms with Crippen molar-refractivity contribution in [2.75, 3.05) is 5.32 Å². The molecule has 0 saturated heterocycles. The van der Waals surface area contributed by atoms with Gasteiger partial charge in [-0.05, 0) is 35.2 Å². The SMILES string of the molecule is O=C(Nc1nnc(-c2ccccc2Cl)s1)c1ccc(CNC(=O)c2cccs2)cc1. The third-order valence-corrected chi connectivity index (χ3v) is 6.23. The minimum Gasteiger partial charge on any atom is -0.347 e. The molecule has 2 amide bonds. The summed E-state index contributed by atoms with van der Waals surface area (Å²) < 4.78 is 0. The minimum atomic E-state index is -0.286. The Morgan fingerprint density at radius 2 is 1.73 bits per heavy atom. The van der Waals surface area contributed by atoms with E-state index in [9.17, 15) is 9.59 Å². The van der Waals surface area contributed by atoms with Crippen LogP contribution in [0.2, 0.25) is 5.02 Å². The van der Waals surface area contributed by atoms with Gasteiger partial charge in [0.05, 0.1) is 9.90 Å². The number of aromatic nitrogens is 2. The lowest BCUT2D eigenvalue weighted by atomic mass is 10.1. The van der Waals surface area contributed by atoms with E-state index < -0.39 is 0 Å². The van der Waals surface area contributed by atoms with E-state index in [1.807, 2.05) is 29.6 Å². The normalized spacial score (nSPS) is 10.6. The van der Waals surface area contributed by atoms with Crippen LogP contribution in [-0.4, -0.2) is 22.0 Å². The summed E-state index contributed by atoms with van der Waals surface area (Å²) in [6.07, 6.45) is 0. The summed E-state index contributed by atoms with van der Waals surface area (Å²) in [5.41, 5.74) is 2.15. The van der Waals surface area contributed by atoms with Crippen LogP contribution in [0.5, 0.6) is 0 Å². The zero-order valence-electron chi connectivity index (χ0n) is 15.5. The Hall–Kier alpha value is -3.07. The highest BCUT2D eigenvalue weighted by Crippen LogP contribution is 2.31. The second-order valence-corrected chi connectivity index (χ2v) is 8.54. The fraction of sp³-hybridized carbons (Fsp3) is 0.0476. The molecule has 2 aromatic carbocycles. The van der Waals surface area contributed by atoms with Crippen molar-refractivity contribution in [3.8, 4) is 10.6 Å². The van der Waals surface area contributed by atoms with E-state index in [2.05, 4.69) is 20.8 Å². The first-order valence-corrected chi connectivity index (χ1v) is 11.0. The lowest BCUT2D eigenvalue weighted by Crippen LogP contribution is -2.21. The van der Waals surface area contributed by atoms with Gasteiger partial charge in [0.1, 0.15) is 0 Å². The van der Waals surface area contributed by atoms with Crippen LogP contribution in [0.25, 0.3) is 10.6 Å². The first-order valence-electron chi connectivity index (χ1n) is 8.90. The number of hydrogen-bond donors (Lipinski definition) is 2. The first-order chi connectivity index (χ1) is 14.6. The first kappa shape index (κ1) is 20.2. The molecule has 6 nitrogen and oxygen atoms in total. The number of hydrogen-bond acceptors (Lipinski definition) is 6. The van der Waals surface area contributed by atoms with E-state index in [1.165, 1.54) is 22.7 Å². The van der Waals surface area contributed by atoms with E-state index >= 15 is 0 Å². The molecule has 0 fully saturated rings. The quantitative estimate of drug-likeness (QED) is 0.424. The molecule has 0 aliphatic carbocycles. The summed E-state index contributed by atoms with van der Waals surface area (Å²) in [6.45, 7) is 0.385. The van der Waals surface area contributed by atoms with E-state index in [0.29, 0.717) is 32.1 Å². The number of anilines is 1. The van der Waals surface area contributed by atoms with Crippen molar-refractivity contribution in [2.45, 2.75) is 6.54 Å². The predicted molar refractivity (Wildman–Crippen MR) is 120 cm³/mol. The van der Waals surface area contributed by atoms with Gasteiger partial charge in [-0.2, -0.15) is 0 Å². The number of halogens is 1. The lowest BCUT2D eigenvalue weighted by molar-refractivity contribution is 0.0953. The minimum absolute atomic E-state index is 0.114. The molecule has 0 aliphatic rings. The largest absolute Gasteiger partial charge is 0.347 e. The second-order valence-electron chi connectivity index (χ2n) is 6.20. The molecule has 2 N–H and O–H groups in total. The van der Waals surface area contributed by atoms with Crippen molar-refractivity contribution in [3.05, 3.63) is 87.1 Å². The summed E-state index contributed by atoms with van der Waals surface area (Å²) >= 11 is 8.83. The van der Waals surface area contributed by atoms with Gasteiger partial charge in [0, 0.05) is 17.7 Å². The van der Waals surface area contributed by atoms with Gasteiger partial charge in [0.25, 0.3) is 11.8 Å². The summed E-state index contributed by atoms with van der Waals surface area (Å²) in [4.78, 5) is 25.2. The standard InChI is InChI=1S/C21H15ClN4O2S2/c22-16-5-2-1-4-15(16)20-25-26-21(30-20)24-18(27)14-9-7-13(8-10-14)12-23-19(28)17-6-3-11-29-17/h1-11H,12H2,(H,23,28)(H,24,26,27). The fourth-order valence-corrected chi connectivity index (χ4v) is 4.34. The molecular formula is C21H15ClN4O2S2. The number of carbonyl (C=O) groups excluding carboxylic acids is 2. The summed E-state index contributed by atoms with van der Waals surface area (Å²) in [6, 6.07) is 18.0. The Morgan fingerprint density at radius 1 is 0.933 bits per heavy atom. The third-order valence-electron chi connectivity index (χ3n) is 4.16. The second kappa shape index (κ2) is 9.17. The van der Waals surface area contributed by atoms with Gasteiger partial charge >= 0.3 is 0 Å². The Labute approximate surface area is 185 Å². The van der Waals surface area contributed by atoms with E-state index in [0.717, 1.165) is 11.1 Å². The molecule has 4 aromatic rings. The van der Waals surface area contributed by atoms with Crippen molar-refractivity contribution < 1.29 is 9.59 Å². The van der Waals surface area contributed by atoms with Gasteiger partial charge in [-0.3, -0.25) is 14.9 Å². The highest BCUT2D eigenvalue weighted by Gasteiger charge is 2.13. The number of carbonyl (C=O) groups is 2. The predicted octanol–water partition coefficient (Wildman–Crippen LogP) is 5.10. The molecule has 2 heterocycles. The van der Waals surface area contributed by atoms with E-state index in [4.69, 9.17) is 11.6 Å². The van der Waals surface area contributed by atoms with Crippen LogP contribution in [0.1, 0.15) is 25.6 Å². The van der Waals surface area contributed by atoms with Crippen LogP contribution in [0, 0.1) is 0 Å². The number of amides is 2. The highest BCUT2D eigenvalue weighted by atomic mass is 35.5. The fourth-order valence-electron chi connectivity index (χ4n) is 2.64. The van der Waals surface area contributed by atoms with Crippen molar-refractivity contribution in [1.82, 2.24) is 15.5 Å². The van der Waals surface area contributed by atoms with Gasteiger partial charge in [0.2, 0.25) is 5.13 Å². The summed E-state index contributed by atoms with van der Waals surface area (Å²) in [5, 5.41) is 17.2. The van der Waals surface area contributed by atoms with Crippen LogP contribution in [0.3, 0.4) is 0 Å². The molecule has 9 heteroatoms. The van der Waals surface area contributed by atoms with Crippen molar-refractivity contribution in [1.29, 1.82) is 0 Å². The number of rotatable bonds is 6. The summed E-state index contributed by atoms with van der Waals surface area (Å²) in [5.74, 6) is -0.400. The lowest BCUT2D eigenvalue weighted by Gasteiger charge is -2.05. The molecule has 0 saturated carbocycles. The van der Waals surface area contributed by atoms with Gasteiger partial charge in [-0.15, -0.1) is 21.5 Å². The summed E-state index contributed by atoms with van der Waals surface area (Å²) in [7, 11) is 0. The molecule has 0 bridgehead atoms. The van der Waals surface area contributed by atoms with Crippen LogP contribution in [-0.2, 0) is 6.54 Å². The Kier molecular flexibility index (Phi) is 6.18. The highest BCUT2D eigenvalue weighted by molar-refractivity contribution is 7.18. The maximum Gasteiger partial charge on any atom is 0.261 e. The van der Waals surface area contributed by atoms with Gasteiger partial charge in [-0.25, -0.2) is 0 Å². The average molecular weight is 455 g/mol. The number of thiophene rings is 1. The van der Waals surface area contributed by atoms with Gasteiger partial charge in [0.15, 0.2) is 5.01 Å². The van der Waals surface area contributed by atoms with E-state index in [1.54, 1.807) is 36.4 Å². The van der Waals surface area contributed by atoms with Crippen molar-refractivity contribution >= 4 is 51.2 Å². The zero-order chi connectivity index (χ0) is 20.9. The number of benzene rings is 2. The molecule has 0 atom stereocenters. The van der Waals surface area contributed by atoms with Gasteiger partial charge in [-0.1, -0.05) is 59.3 Å². The van der Waals surface area contributed by atoms with Crippen LogP contribution >= 0.6 is 34.3 Å². The smallest absolute Gasteiger partial charge is 0.261 e. The number of nitrogens with zero attached hydrogens (tertiary/aromatic N) is 2. The van der Waals surface area contributed by atoms with E-state index in [-0.39, 0.29) is 11.8 Å². The molecule has 2 aromatic heterocycles. The van der Waals surface area contributed by atoms with Crippen molar-refractivity contribution in [3.63, 3.8) is 0 Å². The molecule has 0 unspecified atom stereocenters. The zero-order valence-corrected chi connectivity index (χ0v) is 17.9. The topological polar surface area (TPSA) is 84.0 Å². The monoisotopic (exact) mass is 454 g/mol. The maximum atomic E-state index is 12.5. The maximum absolute atomic E-state index is 12.5. The molecule has 0 radical (unpaired) electrons. The van der Waals surface area contributed by atoms with Crippen LogP contribution in [0.4, 0.5) is 5.13 Å². The van der Waals surface area contributed by atoms with Crippen molar-refractivity contribution in [2.24, 2.45) is 0 Å². The van der Waals surface area contributed by atoms with Gasteiger partial charge < -0.3 is 5.32 Å². The van der Waals surface area contributed by atoms with Crippen LogP contribution < -0.4 is 10.6 Å². The Balaban J connectivity index is 1.36. The number of nitrogens with one attached hydrogen (secondary N) is 2. The molecule has 0 spiro atoms. The molecule has 30 heavy (non-hydrogen) atoms. The Morgan fingerprint density at radius 3 is 2.47 bits per heavy atom. The molecule has 0 aliphatic heterocycles. The average Bonchev–Trinajstić information content (AvgIpc) is 3.45. The van der Waals surface area contributed by atoms with Crippen LogP contribution in [0.15, 0.2) is 66.0 Å². The third kappa shape index (κ3) is 4.73.